The highest BCUT2D eigenvalue weighted by Gasteiger charge is 2.20. The molecule has 0 bridgehead atoms. The van der Waals surface area contributed by atoms with Gasteiger partial charge in [-0.05, 0) is 30.9 Å². The van der Waals surface area contributed by atoms with E-state index in [2.05, 4.69) is 33.4 Å². The topological polar surface area (TPSA) is 80.5 Å². The highest BCUT2D eigenvalue weighted by Crippen LogP contribution is 2.30. The Morgan fingerprint density at radius 3 is 3.20 bits per heavy atom. The lowest BCUT2D eigenvalue weighted by atomic mass is 9.98. The van der Waals surface area contributed by atoms with Crippen LogP contribution in [0.1, 0.15) is 12.8 Å². The van der Waals surface area contributed by atoms with Gasteiger partial charge in [-0.15, -0.1) is 11.3 Å². The van der Waals surface area contributed by atoms with Crippen molar-refractivity contribution in [3.8, 4) is 11.3 Å². The Hall–Kier alpha value is -1.96. The number of nitrogens with one attached hydrogen (secondary N) is 1. The standard InChI is InChI=1S/C18H24N4O2S/c1-24-11-13-4-3-7-22(10-13)15-6-2-5-14(8-15)16-12-25-18(20-16)21-17(23)9-19/h2,5-6,8,12-13H,3-4,7,9-11,19H2,1H3,(H,20,21,23). The molecule has 2 aromatic rings. The molecule has 7 heteroatoms. The summed E-state index contributed by atoms with van der Waals surface area (Å²) < 4.78 is 5.32. The number of aromatic nitrogens is 1. The second-order valence-electron chi connectivity index (χ2n) is 6.25. The zero-order valence-corrected chi connectivity index (χ0v) is 15.2. The molecule has 1 saturated heterocycles. The van der Waals surface area contributed by atoms with Crippen LogP contribution in [0.2, 0.25) is 0 Å². The maximum Gasteiger partial charge on any atom is 0.239 e. The van der Waals surface area contributed by atoms with Crippen molar-refractivity contribution in [3.05, 3.63) is 29.6 Å². The molecule has 0 saturated carbocycles. The molecular weight excluding hydrogens is 336 g/mol. The summed E-state index contributed by atoms with van der Waals surface area (Å²) >= 11 is 1.41. The first kappa shape index (κ1) is 17.8. The molecule has 0 aliphatic carbocycles. The minimum Gasteiger partial charge on any atom is -0.384 e. The van der Waals surface area contributed by atoms with Gasteiger partial charge in [0, 0.05) is 36.8 Å². The van der Waals surface area contributed by atoms with Gasteiger partial charge in [-0.3, -0.25) is 4.79 Å². The monoisotopic (exact) mass is 360 g/mol. The summed E-state index contributed by atoms with van der Waals surface area (Å²) in [5.41, 5.74) is 8.45. The second kappa shape index (κ2) is 8.42. The van der Waals surface area contributed by atoms with Crippen molar-refractivity contribution >= 4 is 28.1 Å². The zero-order valence-electron chi connectivity index (χ0n) is 14.4. The zero-order chi connectivity index (χ0) is 17.6. The van der Waals surface area contributed by atoms with Crippen molar-refractivity contribution in [1.29, 1.82) is 0 Å². The molecule has 0 spiro atoms. The molecule has 1 aromatic carbocycles. The van der Waals surface area contributed by atoms with Gasteiger partial charge < -0.3 is 20.7 Å². The lowest BCUT2D eigenvalue weighted by Crippen LogP contribution is -2.37. The molecule has 1 amide bonds. The quantitative estimate of drug-likeness (QED) is 0.827. The fourth-order valence-electron chi connectivity index (χ4n) is 3.17. The number of ether oxygens (including phenoxy) is 1. The molecule has 1 aromatic heterocycles. The van der Waals surface area contributed by atoms with E-state index < -0.39 is 0 Å². The highest BCUT2D eigenvalue weighted by molar-refractivity contribution is 7.14. The van der Waals surface area contributed by atoms with Crippen LogP contribution < -0.4 is 16.0 Å². The number of hydrogen-bond donors (Lipinski definition) is 2. The van der Waals surface area contributed by atoms with E-state index in [1.165, 1.54) is 29.9 Å². The van der Waals surface area contributed by atoms with Crippen LogP contribution in [0.4, 0.5) is 10.8 Å². The van der Waals surface area contributed by atoms with Crippen LogP contribution in [0.3, 0.4) is 0 Å². The van der Waals surface area contributed by atoms with Crippen LogP contribution in [0.15, 0.2) is 29.6 Å². The van der Waals surface area contributed by atoms with E-state index in [1.807, 2.05) is 11.4 Å². The number of thiazole rings is 1. The number of amides is 1. The lowest BCUT2D eigenvalue weighted by Gasteiger charge is -2.34. The molecule has 2 heterocycles. The Morgan fingerprint density at radius 1 is 1.52 bits per heavy atom. The average molecular weight is 360 g/mol. The summed E-state index contributed by atoms with van der Waals surface area (Å²) in [5, 5.41) is 5.23. The SMILES string of the molecule is COCC1CCCN(c2cccc(-c3csc(NC(=O)CN)n3)c2)C1. The predicted octanol–water partition coefficient (Wildman–Crippen LogP) is 2.57. The Labute approximate surface area is 152 Å². The summed E-state index contributed by atoms with van der Waals surface area (Å²) in [6.07, 6.45) is 2.41. The fourth-order valence-corrected chi connectivity index (χ4v) is 3.90. The number of methoxy groups -OCH3 is 1. The van der Waals surface area contributed by atoms with Gasteiger partial charge in [-0.25, -0.2) is 4.98 Å². The molecule has 1 fully saturated rings. The Bertz CT molecular complexity index is 717. The first-order chi connectivity index (χ1) is 12.2. The summed E-state index contributed by atoms with van der Waals surface area (Å²) in [6.45, 7) is 2.86. The van der Waals surface area contributed by atoms with Crippen molar-refractivity contribution in [2.24, 2.45) is 11.7 Å². The number of carbonyl (C=O) groups excluding carboxylic acids is 1. The molecule has 1 unspecified atom stereocenters. The van der Waals surface area contributed by atoms with Crippen molar-refractivity contribution in [2.75, 3.05) is 43.6 Å². The molecule has 25 heavy (non-hydrogen) atoms. The maximum atomic E-state index is 11.4. The second-order valence-corrected chi connectivity index (χ2v) is 7.11. The van der Waals surface area contributed by atoms with Gasteiger partial charge in [0.2, 0.25) is 5.91 Å². The van der Waals surface area contributed by atoms with Gasteiger partial charge in [-0.2, -0.15) is 0 Å². The van der Waals surface area contributed by atoms with E-state index in [-0.39, 0.29) is 12.5 Å². The summed E-state index contributed by atoms with van der Waals surface area (Å²) in [6, 6.07) is 8.41. The number of nitrogens with two attached hydrogens (primary N) is 1. The normalized spacial score (nSPS) is 17.5. The van der Waals surface area contributed by atoms with E-state index in [0.29, 0.717) is 11.0 Å². The third-order valence-corrected chi connectivity index (χ3v) is 5.12. The van der Waals surface area contributed by atoms with Crippen LogP contribution in [0, 0.1) is 5.92 Å². The first-order valence-electron chi connectivity index (χ1n) is 8.49. The van der Waals surface area contributed by atoms with E-state index in [0.717, 1.165) is 31.0 Å². The number of benzene rings is 1. The number of nitrogens with zero attached hydrogens (tertiary/aromatic N) is 2. The minimum absolute atomic E-state index is 0.0397. The van der Waals surface area contributed by atoms with Crippen molar-refractivity contribution < 1.29 is 9.53 Å². The maximum absolute atomic E-state index is 11.4. The van der Waals surface area contributed by atoms with Crippen molar-refractivity contribution in [2.45, 2.75) is 12.8 Å². The van der Waals surface area contributed by atoms with Gasteiger partial charge in [-0.1, -0.05) is 12.1 Å². The molecule has 3 rings (SSSR count). The third-order valence-electron chi connectivity index (χ3n) is 4.36. The summed E-state index contributed by atoms with van der Waals surface area (Å²) in [5.74, 6) is 0.354. The Balaban J connectivity index is 1.74. The smallest absolute Gasteiger partial charge is 0.239 e. The number of piperidine rings is 1. The molecule has 1 aliphatic rings. The van der Waals surface area contributed by atoms with Crippen molar-refractivity contribution in [1.82, 2.24) is 4.98 Å². The average Bonchev–Trinajstić information content (AvgIpc) is 3.11. The highest BCUT2D eigenvalue weighted by atomic mass is 32.1. The third kappa shape index (κ3) is 4.56. The minimum atomic E-state index is -0.229. The van der Waals surface area contributed by atoms with Crippen LogP contribution in [-0.4, -0.2) is 44.2 Å². The molecule has 134 valence electrons. The molecule has 0 radical (unpaired) electrons. The largest absolute Gasteiger partial charge is 0.384 e. The summed E-state index contributed by atoms with van der Waals surface area (Å²) in [4.78, 5) is 18.3. The van der Waals surface area contributed by atoms with Crippen LogP contribution in [0.5, 0.6) is 0 Å². The Kier molecular flexibility index (Phi) is 6.01. The number of rotatable bonds is 6. The molecular formula is C18H24N4O2S. The molecule has 1 aliphatic heterocycles. The first-order valence-corrected chi connectivity index (χ1v) is 9.37. The summed E-state index contributed by atoms with van der Waals surface area (Å²) in [7, 11) is 1.77. The van der Waals surface area contributed by atoms with Crippen LogP contribution in [-0.2, 0) is 9.53 Å². The van der Waals surface area contributed by atoms with E-state index in [1.54, 1.807) is 7.11 Å². The van der Waals surface area contributed by atoms with Crippen molar-refractivity contribution in [3.63, 3.8) is 0 Å². The Morgan fingerprint density at radius 2 is 2.40 bits per heavy atom. The van der Waals surface area contributed by atoms with Gasteiger partial charge in [0.15, 0.2) is 5.13 Å². The molecule has 6 nitrogen and oxygen atoms in total. The number of hydrogen-bond acceptors (Lipinski definition) is 6. The van der Waals surface area contributed by atoms with E-state index in [9.17, 15) is 4.79 Å². The fraction of sp³-hybridized carbons (Fsp3) is 0.444. The van der Waals surface area contributed by atoms with Gasteiger partial charge in [0.1, 0.15) is 0 Å². The van der Waals surface area contributed by atoms with Crippen LogP contribution >= 0.6 is 11.3 Å². The predicted molar refractivity (Wildman–Crippen MR) is 102 cm³/mol. The molecule has 3 N–H and O–H groups in total. The lowest BCUT2D eigenvalue weighted by molar-refractivity contribution is -0.114. The van der Waals surface area contributed by atoms with E-state index >= 15 is 0 Å². The van der Waals surface area contributed by atoms with E-state index in [4.69, 9.17) is 10.5 Å². The van der Waals surface area contributed by atoms with Gasteiger partial charge in [0.25, 0.3) is 0 Å². The van der Waals surface area contributed by atoms with Gasteiger partial charge >= 0.3 is 0 Å². The van der Waals surface area contributed by atoms with Crippen LogP contribution in [0.25, 0.3) is 11.3 Å². The number of anilines is 2. The van der Waals surface area contributed by atoms with Gasteiger partial charge in [0.05, 0.1) is 18.8 Å². The number of carbonyl (C=O) groups is 1. The molecule has 1 atom stereocenters.